The number of halogens is 3. The summed E-state index contributed by atoms with van der Waals surface area (Å²) in [7, 11) is -3.71. The minimum Gasteiger partial charge on any atom is -0.462 e. The maximum Gasteiger partial charge on any atom is 0.573 e. The molecule has 16 heteroatoms. The molecule has 3 unspecified atom stereocenters. The van der Waals surface area contributed by atoms with Crippen molar-refractivity contribution in [3.8, 4) is 5.75 Å². The Morgan fingerprint density at radius 2 is 1.76 bits per heavy atom. The van der Waals surface area contributed by atoms with Gasteiger partial charge in [-0.3, -0.25) is 9.36 Å². The summed E-state index contributed by atoms with van der Waals surface area (Å²) in [6.45, 7) is 10.2. The van der Waals surface area contributed by atoms with Crippen molar-refractivity contribution in [3.05, 3.63) is 42.5 Å². The smallest absolute Gasteiger partial charge is 0.462 e. The van der Waals surface area contributed by atoms with Gasteiger partial charge in [-0.25, -0.2) is 25.1 Å². The number of nitrogens with zero attached hydrogens (tertiary/aromatic N) is 4. The van der Waals surface area contributed by atoms with Crippen molar-refractivity contribution in [1.82, 2.24) is 29.7 Å². The number of nitrogens with two attached hydrogens (primary N) is 1. The maximum atomic E-state index is 14.2. The predicted octanol–water partition coefficient (Wildman–Crippen LogP) is 4.53. The van der Waals surface area contributed by atoms with Gasteiger partial charge in [0.2, 0.25) is 7.44 Å². The number of alkyl halides is 3. The van der Waals surface area contributed by atoms with Gasteiger partial charge in [0.05, 0.1) is 25.1 Å². The van der Waals surface area contributed by atoms with Crippen LogP contribution in [0.25, 0.3) is 11.2 Å². The molecule has 0 radical (unpaired) electrons. The number of ether oxygens (including phenoxy) is 3. The minimum atomic E-state index is -4.82. The number of fused-ring (bicyclic) bond motifs is 1. The summed E-state index contributed by atoms with van der Waals surface area (Å²) in [5.74, 6) is -0.766. The Kier molecular flexibility index (Phi) is 10.0. The number of hydrogen-bond donors (Lipinski definition) is 3. The minimum absolute atomic E-state index is 0.239. The van der Waals surface area contributed by atoms with Gasteiger partial charge in [0, 0.05) is 6.04 Å². The van der Waals surface area contributed by atoms with Crippen LogP contribution in [0.1, 0.15) is 53.1 Å². The average Bonchev–Trinajstić information content (AvgIpc) is 3.25. The van der Waals surface area contributed by atoms with E-state index in [0.717, 1.165) is 12.1 Å². The lowest BCUT2D eigenvalue weighted by atomic mass is 10.1. The van der Waals surface area contributed by atoms with Gasteiger partial charge in [0.1, 0.15) is 29.5 Å². The molecular formula is C25H35F3N7O5P. The predicted molar refractivity (Wildman–Crippen MR) is 146 cm³/mol. The van der Waals surface area contributed by atoms with Crippen molar-refractivity contribution < 1.29 is 36.7 Å². The van der Waals surface area contributed by atoms with E-state index in [1.807, 2.05) is 0 Å². The second kappa shape index (κ2) is 12.7. The van der Waals surface area contributed by atoms with E-state index in [1.165, 1.54) is 32.3 Å². The Bertz CT molecular complexity index is 1380. The number of rotatable bonds is 13. The van der Waals surface area contributed by atoms with E-state index in [9.17, 15) is 22.5 Å². The number of aromatic nitrogens is 4. The summed E-state index contributed by atoms with van der Waals surface area (Å²) in [5.41, 5.74) is 5.96. The summed E-state index contributed by atoms with van der Waals surface area (Å²) < 4.78 is 68.8. The molecule has 0 aliphatic carbocycles. The third-order valence-electron chi connectivity index (χ3n) is 5.75. The van der Waals surface area contributed by atoms with Crippen LogP contribution in [0.2, 0.25) is 0 Å². The molecule has 0 aliphatic rings. The number of imidazole rings is 1. The van der Waals surface area contributed by atoms with Crippen molar-refractivity contribution in [2.45, 2.75) is 78.2 Å². The van der Waals surface area contributed by atoms with E-state index in [-0.39, 0.29) is 17.9 Å². The van der Waals surface area contributed by atoms with Crippen molar-refractivity contribution in [3.63, 3.8) is 0 Å². The number of esters is 1. The van der Waals surface area contributed by atoms with E-state index < -0.39 is 43.6 Å². The van der Waals surface area contributed by atoms with Crippen LogP contribution in [0.5, 0.6) is 5.75 Å². The highest BCUT2D eigenvalue weighted by atomic mass is 31.2. The highest BCUT2D eigenvalue weighted by Crippen LogP contribution is 2.42. The Morgan fingerprint density at radius 1 is 1.10 bits per heavy atom. The molecule has 0 aliphatic heterocycles. The zero-order chi connectivity index (χ0) is 30.6. The van der Waals surface area contributed by atoms with E-state index in [0.29, 0.717) is 23.3 Å². The zero-order valence-corrected chi connectivity index (χ0v) is 24.5. The van der Waals surface area contributed by atoms with Gasteiger partial charge < -0.3 is 24.5 Å². The molecule has 41 heavy (non-hydrogen) atoms. The summed E-state index contributed by atoms with van der Waals surface area (Å²) in [6.07, 6.45) is -3.17. The monoisotopic (exact) mass is 601 g/mol. The van der Waals surface area contributed by atoms with Crippen LogP contribution in [0.4, 0.5) is 19.0 Å². The van der Waals surface area contributed by atoms with Gasteiger partial charge >= 0.3 is 12.3 Å². The van der Waals surface area contributed by atoms with Gasteiger partial charge in [-0.05, 0) is 59.2 Å². The molecule has 4 N–H and O–H groups in total. The molecule has 0 fully saturated rings. The topological polar surface area (TPSA) is 156 Å². The van der Waals surface area contributed by atoms with Crippen LogP contribution in [0.3, 0.4) is 0 Å². The van der Waals surface area contributed by atoms with E-state index in [4.69, 9.17) is 15.2 Å². The van der Waals surface area contributed by atoms with Crippen LogP contribution in [-0.4, -0.2) is 55.9 Å². The largest absolute Gasteiger partial charge is 0.573 e. The van der Waals surface area contributed by atoms with Crippen LogP contribution in [0, 0.1) is 0 Å². The van der Waals surface area contributed by atoms with Crippen molar-refractivity contribution in [2.75, 3.05) is 12.1 Å². The molecule has 0 bridgehead atoms. The quantitative estimate of drug-likeness (QED) is 0.187. The summed E-state index contributed by atoms with van der Waals surface area (Å²) in [4.78, 5) is 25.1. The molecule has 12 nitrogen and oxygen atoms in total. The van der Waals surface area contributed by atoms with Gasteiger partial charge in [0.15, 0.2) is 11.5 Å². The molecule has 3 atom stereocenters. The lowest BCUT2D eigenvalue weighted by Gasteiger charge is -2.33. The number of benzene rings is 1. The number of anilines is 1. The second-order valence-electron chi connectivity index (χ2n) is 10.3. The van der Waals surface area contributed by atoms with E-state index in [1.54, 1.807) is 38.6 Å². The molecule has 0 amide bonds. The molecule has 3 rings (SSSR count). The van der Waals surface area contributed by atoms with Crippen LogP contribution in [0.15, 0.2) is 36.9 Å². The first-order valence-corrected chi connectivity index (χ1v) is 14.6. The van der Waals surface area contributed by atoms with Crippen LogP contribution < -0.4 is 20.6 Å². The fourth-order valence-electron chi connectivity index (χ4n) is 3.90. The van der Waals surface area contributed by atoms with Gasteiger partial charge in [-0.15, -0.1) is 13.2 Å². The standard InChI is InChI=1S/C25H35F3N7O5P/c1-15(2)39-23(36)24(5,6)34-41(37,33-17(4)18-7-9-19(10-8-18)40-25(26,27)28)14-38-16(3)11-35-13-32-20-21(29)30-12-31-22(20)35/h7-10,12-13,15-17H,11,14H2,1-6H3,(H2,29,30,31)(H2,33,34,37). The first-order chi connectivity index (χ1) is 19.0. The SMILES string of the molecule is CC(C)OC(=O)C(C)(C)NP(=O)(COC(C)Cn1cnc2c(N)ncnc21)NC(C)c1ccc(OC(F)(F)F)cc1. The number of carbonyl (C=O) groups excluding carboxylic acids is 1. The first kappa shape index (κ1) is 32.3. The van der Waals surface area contributed by atoms with Gasteiger partial charge in [0.25, 0.3) is 0 Å². The van der Waals surface area contributed by atoms with Crippen molar-refractivity contribution in [2.24, 2.45) is 0 Å². The Balaban J connectivity index is 1.77. The second-order valence-corrected chi connectivity index (χ2v) is 12.6. The molecular weight excluding hydrogens is 566 g/mol. The number of nitrogens with one attached hydrogen (secondary N) is 2. The highest BCUT2D eigenvalue weighted by Gasteiger charge is 2.39. The fraction of sp³-hybridized carbons (Fsp3) is 0.520. The van der Waals surface area contributed by atoms with Crippen LogP contribution >= 0.6 is 7.44 Å². The highest BCUT2D eigenvalue weighted by molar-refractivity contribution is 7.59. The average molecular weight is 602 g/mol. The summed E-state index contributed by atoms with van der Waals surface area (Å²) in [6, 6.07) is 4.54. The maximum absolute atomic E-state index is 14.2. The number of nitrogen functional groups attached to an aromatic ring is 1. The first-order valence-electron chi connectivity index (χ1n) is 12.7. The summed E-state index contributed by atoms with van der Waals surface area (Å²) in [5, 5.41) is 5.87. The van der Waals surface area contributed by atoms with Gasteiger partial charge in [-0.2, -0.15) is 0 Å². The molecule has 1 aromatic carbocycles. The lowest BCUT2D eigenvalue weighted by molar-refractivity contribution is -0.274. The summed E-state index contributed by atoms with van der Waals surface area (Å²) >= 11 is 0. The normalized spacial score (nSPS) is 15.5. The van der Waals surface area contributed by atoms with Crippen molar-refractivity contribution in [1.29, 1.82) is 0 Å². The third kappa shape index (κ3) is 9.12. The van der Waals surface area contributed by atoms with Crippen molar-refractivity contribution >= 4 is 30.4 Å². The van der Waals surface area contributed by atoms with E-state index in [2.05, 4.69) is 29.9 Å². The molecule has 226 valence electrons. The zero-order valence-electron chi connectivity index (χ0n) is 23.6. The van der Waals surface area contributed by atoms with E-state index >= 15 is 0 Å². The van der Waals surface area contributed by atoms with Crippen LogP contribution in [-0.2, 0) is 25.4 Å². The molecule has 2 aromatic heterocycles. The Hall–Kier alpha value is -3.26. The fourth-order valence-corrected chi connectivity index (χ4v) is 6.34. The number of carbonyl (C=O) groups is 1. The van der Waals surface area contributed by atoms with Gasteiger partial charge in [-0.1, -0.05) is 12.1 Å². The molecule has 0 saturated carbocycles. The lowest BCUT2D eigenvalue weighted by Crippen LogP contribution is -2.49. The Morgan fingerprint density at radius 3 is 2.37 bits per heavy atom. The molecule has 2 heterocycles. The Labute approximate surface area is 235 Å². The molecule has 0 spiro atoms. The molecule has 3 aromatic rings. The molecule has 0 saturated heterocycles. The number of hydrogen-bond acceptors (Lipinski definition) is 9. The third-order valence-corrected chi connectivity index (χ3v) is 7.99.